The molecule has 3 aliphatic heterocycles. The van der Waals surface area contributed by atoms with E-state index in [0.717, 1.165) is 19.3 Å². The van der Waals surface area contributed by atoms with Crippen LogP contribution in [0.5, 0.6) is 0 Å². The van der Waals surface area contributed by atoms with E-state index in [4.69, 9.17) is 4.74 Å². The maximum absolute atomic E-state index is 13.4. The SMILES string of the molecule is CC1=C(N2CCC3(CCN(C(C)(C)[C@H](O)c4ccc(-n5cnnn5)nc4)CC3)C2=O)COC1=O. The fraction of sp³-hybridized carbons (Fsp3) is 0.565. The number of carbonyl (C=O) groups is 2. The van der Waals surface area contributed by atoms with Crippen LogP contribution in [0.3, 0.4) is 0 Å². The lowest BCUT2D eigenvalue weighted by Crippen LogP contribution is -2.54. The largest absolute Gasteiger partial charge is 0.456 e. The van der Waals surface area contributed by atoms with Gasteiger partial charge in [-0.3, -0.25) is 9.69 Å². The number of aromatic nitrogens is 5. The molecule has 2 aromatic rings. The van der Waals surface area contributed by atoms with Crippen LogP contribution in [0.4, 0.5) is 0 Å². The van der Waals surface area contributed by atoms with Crippen LogP contribution in [-0.2, 0) is 14.3 Å². The van der Waals surface area contributed by atoms with Gasteiger partial charge in [0.2, 0.25) is 5.91 Å². The number of piperidine rings is 1. The number of hydrogen-bond acceptors (Lipinski definition) is 9. The Morgan fingerprint density at radius 2 is 1.88 bits per heavy atom. The third-order valence-corrected chi connectivity index (χ3v) is 7.79. The van der Waals surface area contributed by atoms with E-state index in [0.29, 0.717) is 42.3 Å². The number of aliphatic hydroxyl groups excluding tert-OH is 1. The van der Waals surface area contributed by atoms with Gasteiger partial charge in [-0.05, 0) is 69.6 Å². The van der Waals surface area contributed by atoms with Gasteiger partial charge in [-0.15, -0.1) is 5.10 Å². The molecule has 1 spiro atoms. The summed E-state index contributed by atoms with van der Waals surface area (Å²) >= 11 is 0. The maximum Gasteiger partial charge on any atom is 0.336 e. The Hall–Kier alpha value is -3.18. The molecule has 0 aromatic carbocycles. The highest BCUT2D eigenvalue weighted by Crippen LogP contribution is 2.46. The first-order valence-corrected chi connectivity index (χ1v) is 11.5. The minimum absolute atomic E-state index is 0.0977. The number of cyclic esters (lactones) is 1. The van der Waals surface area contributed by atoms with Crippen LogP contribution >= 0.6 is 0 Å². The van der Waals surface area contributed by atoms with Crippen molar-refractivity contribution in [1.29, 1.82) is 0 Å². The number of nitrogens with zero attached hydrogens (tertiary/aromatic N) is 7. The number of likely N-dealkylation sites (tertiary alicyclic amines) is 2. The molecule has 1 atom stereocenters. The second-order valence-electron chi connectivity index (χ2n) is 9.88. The Kier molecular flexibility index (Phi) is 5.48. The number of carbonyl (C=O) groups excluding carboxylic acids is 2. The van der Waals surface area contributed by atoms with Gasteiger partial charge in [0.1, 0.15) is 12.9 Å². The predicted octanol–water partition coefficient (Wildman–Crippen LogP) is 1.01. The van der Waals surface area contributed by atoms with E-state index in [1.54, 1.807) is 24.1 Å². The standard InChI is InChI=1S/C23H29N7O4/c1-15-17(13-34-20(15)32)29-11-8-23(21(29)33)6-9-28(10-7-23)22(2,3)19(31)16-4-5-18(24-12-16)30-14-25-26-27-30/h4-5,12,14,19,31H,6-11,13H2,1-3H3/t19-/m1/s1. The molecule has 180 valence electrons. The lowest BCUT2D eigenvalue weighted by Gasteiger charge is -2.47. The van der Waals surface area contributed by atoms with E-state index >= 15 is 0 Å². The van der Waals surface area contributed by atoms with Crippen molar-refractivity contribution in [3.63, 3.8) is 0 Å². The molecule has 11 nitrogen and oxygen atoms in total. The van der Waals surface area contributed by atoms with Crippen LogP contribution in [0.2, 0.25) is 0 Å². The topological polar surface area (TPSA) is 127 Å². The van der Waals surface area contributed by atoms with Crippen LogP contribution < -0.4 is 0 Å². The molecule has 0 unspecified atom stereocenters. The summed E-state index contributed by atoms with van der Waals surface area (Å²) in [6.45, 7) is 7.96. The van der Waals surface area contributed by atoms with Crippen molar-refractivity contribution in [3.8, 4) is 5.82 Å². The molecule has 1 N–H and O–H groups in total. The molecule has 0 radical (unpaired) electrons. The third kappa shape index (κ3) is 3.59. The minimum Gasteiger partial charge on any atom is -0.456 e. The van der Waals surface area contributed by atoms with Crippen molar-refractivity contribution >= 4 is 11.9 Å². The van der Waals surface area contributed by atoms with Crippen molar-refractivity contribution in [2.24, 2.45) is 5.41 Å². The van der Waals surface area contributed by atoms with Gasteiger partial charge in [0.15, 0.2) is 5.82 Å². The van der Waals surface area contributed by atoms with Crippen LogP contribution in [0.25, 0.3) is 5.82 Å². The van der Waals surface area contributed by atoms with Gasteiger partial charge in [-0.2, -0.15) is 4.68 Å². The van der Waals surface area contributed by atoms with Crippen molar-refractivity contribution in [1.82, 2.24) is 35.0 Å². The number of pyridine rings is 1. The zero-order valence-corrected chi connectivity index (χ0v) is 19.6. The Morgan fingerprint density at radius 1 is 1.15 bits per heavy atom. The minimum atomic E-state index is -0.762. The number of amides is 1. The summed E-state index contributed by atoms with van der Waals surface area (Å²) in [4.78, 5) is 33.5. The zero-order chi connectivity index (χ0) is 24.1. The third-order valence-electron chi connectivity index (χ3n) is 7.79. The first-order valence-electron chi connectivity index (χ1n) is 11.5. The lowest BCUT2D eigenvalue weighted by molar-refractivity contribution is -0.139. The van der Waals surface area contributed by atoms with Crippen LogP contribution in [0, 0.1) is 5.41 Å². The Morgan fingerprint density at radius 3 is 2.47 bits per heavy atom. The van der Waals surface area contributed by atoms with Gasteiger partial charge in [0, 0.05) is 23.8 Å². The van der Waals surface area contributed by atoms with Crippen LogP contribution in [0.1, 0.15) is 51.7 Å². The van der Waals surface area contributed by atoms with E-state index in [-0.39, 0.29) is 18.5 Å². The second-order valence-corrected chi connectivity index (χ2v) is 9.88. The highest BCUT2D eigenvalue weighted by molar-refractivity contribution is 5.94. The van der Waals surface area contributed by atoms with Crippen molar-refractivity contribution < 1.29 is 19.4 Å². The second kappa shape index (κ2) is 8.24. The number of esters is 1. The average molecular weight is 468 g/mol. The molecule has 0 bridgehead atoms. The van der Waals surface area contributed by atoms with E-state index in [2.05, 4.69) is 25.4 Å². The summed E-state index contributed by atoms with van der Waals surface area (Å²) in [6.07, 6.45) is 4.56. The summed E-state index contributed by atoms with van der Waals surface area (Å²) in [5.41, 5.74) is 0.991. The first kappa shape index (κ1) is 22.6. The summed E-state index contributed by atoms with van der Waals surface area (Å²) in [7, 11) is 0. The van der Waals surface area contributed by atoms with E-state index in [1.165, 1.54) is 11.0 Å². The fourth-order valence-corrected chi connectivity index (χ4v) is 5.34. The highest BCUT2D eigenvalue weighted by Gasteiger charge is 2.51. The predicted molar refractivity (Wildman–Crippen MR) is 119 cm³/mol. The average Bonchev–Trinajstić information content (AvgIpc) is 3.56. The molecule has 34 heavy (non-hydrogen) atoms. The van der Waals surface area contributed by atoms with Gasteiger partial charge in [-0.1, -0.05) is 6.07 Å². The van der Waals surface area contributed by atoms with Crippen molar-refractivity contribution in [2.45, 2.75) is 51.7 Å². The van der Waals surface area contributed by atoms with E-state index in [1.807, 2.05) is 19.9 Å². The van der Waals surface area contributed by atoms with Crippen molar-refractivity contribution in [3.05, 3.63) is 41.5 Å². The Bertz CT molecular complexity index is 1120. The number of ether oxygens (including phenoxy) is 1. The molecule has 0 saturated carbocycles. The van der Waals surface area contributed by atoms with Gasteiger partial charge in [-0.25, -0.2) is 9.78 Å². The molecule has 2 saturated heterocycles. The summed E-state index contributed by atoms with van der Waals surface area (Å²) in [5, 5.41) is 22.3. The highest BCUT2D eigenvalue weighted by atomic mass is 16.5. The number of tetrazole rings is 1. The van der Waals surface area contributed by atoms with Crippen molar-refractivity contribution in [2.75, 3.05) is 26.2 Å². The normalized spacial score (nSPS) is 22.1. The van der Waals surface area contributed by atoms with Gasteiger partial charge in [0.05, 0.1) is 22.8 Å². The van der Waals surface area contributed by atoms with Gasteiger partial charge in [0.25, 0.3) is 0 Å². The molecular weight excluding hydrogens is 438 g/mol. The van der Waals surface area contributed by atoms with E-state index < -0.39 is 17.1 Å². The molecule has 2 fully saturated rings. The molecular formula is C23H29N7O4. The van der Waals surface area contributed by atoms with E-state index in [9.17, 15) is 14.7 Å². The van der Waals surface area contributed by atoms with Gasteiger partial charge < -0.3 is 14.7 Å². The molecule has 3 aliphatic rings. The molecule has 5 heterocycles. The molecule has 5 rings (SSSR count). The Labute approximate surface area is 197 Å². The van der Waals surface area contributed by atoms with Crippen LogP contribution in [-0.4, -0.2) is 83.8 Å². The summed E-state index contributed by atoms with van der Waals surface area (Å²) < 4.78 is 6.57. The summed E-state index contributed by atoms with van der Waals surface area (Å²) in [6, 6.07) is 3.61. The van der Waals surface area contributed by atoms with Gasteiger partial charge >= 0.3 is 5.97 Å². The molecule has 11 heteroatoms. The summed E-state index contributed by atoms with van der Waals surface area (Å²) in [5.74, 6) is 0.331. The number of rotatable bonds is 5. The molecule has 1 amide bonds. The quantitative estimate of drug-likeness (QED) is 0.641. The van der Waals surface area contributed by atoms with Crippen LogP contribution in [0.15, 0.2) is 35.9 Å². The first-order chi connectivity index (χ1) is 16.2. The molecule has 2 aromatic heterocycles. The lowest BCUT2D eigenvalue weighted by atomic mass is 9.75. The zero-order valence-electron chi connectivity index (χ0n) is 19.6. The molecule has 0 aliphatic carbocycles. The maximum atomic E-state index is 13.4. The monoisotopic (exact) mass is 467 g/mol. The smallest absolute Gasteiger partial charge is 0.336 e. The number of hydrogen-bond donors (Lipinski definition) is 1. The number of aliphatic hydroxyl groups is 1. The fourth-order valence-electron chi connectivity index (χ4n) is 5.34. The Balaban J connectivity index is 1.26.